The predicted molar refractivity (Wildman–Crippen MR) is 137 cm³/mol. The normalized spacial score (nSPS) is 13.9. The van der Waals surface area contributed by atoms with E-state index in [1.807, 2.05) is 44.4 Å². The zero-order valence-corrected chi connectivity index (χ0v) is 22.3. The molecule has 1 N–H and O–H groups in total. The summed E-state index contributed by atoms with van der Waals surface area (Å²) in [6, 6.07) is 5.30. The van der Waals surface area contributed by atoms with Crippen LogP contribution in [0.3, 0.4) is 0 Å². The molecule has 13 heteroatoms. The summed E-state index contributed by atoms with van der Waals surface area (Å²) < 4.78 is 21.7. The molecule has 0 aliphatic heterocycles. The summed E-state index contributed by atoms with van der Waals surface area (Å²) in [5, 5.41) is 13.4. The second-order valence-corrected chi connectivity index (χ2v) is 9.66. The third-order valence-corrected chi connectivity index (χ3v) is 6.78. The van der Waals surface area contributed by atoms with Gasteiger partial charge in [-0.2, -0.15) is 0 Å². The van der Waals surface area contributed by atoms with Crippen molar-refractivity contribution in [2.75, 3.05) is 18.9 Å². The van der Waals surface area contributed by atoms with Crippen molar-refractivity contribution in [1.29, 1.82) is 0 Å². The van der Waals surface area contributed by atoms with E-state index in [-0.39, 0.29) is 17.4 Å². The van der Waals surface area contributed by atoms with Crippen LogP contribution in [0, 0.1) is 13.8 Å². The van der Waals surface area contributed by atoms with Crippen molar-refractivity contribution in [1.82, 2.24) is 34.9 Å². The average Bonchev–Trinajstić information content (AvgIpc) is 3.46. The van der Waals surface area contributed by atoms with Crippen molar-refractivity contribution in [3.8, 4) is 17.4 Å². The second kappa shape index (κ2) is 11.2. The molecule has 0 saturated carbocycles. The Labute approximate surface area is 218 Å². The molecule has 190 valence electrons. The third kappa shape index (κ3) is 5.30. The summed E-state index contributed by atoms with van der Waals surface area (Å²) in [7, 11) is 3.19. The van der Waals surface area contributed by atoms with Crippen LogP contribution in [0.15, 0.2) is 35.1 Å². The number of anilines is 1. The zero-order chi connectivity index (χ0) is 25.8. The molecule has 0 aliphatic rings. The van der Waals surface area contributed by atoms with E-state index in [9.17, 15) is 0 Å². The highest BCUT2D eigenvalue weighted by Gasteiger charge is 2.28. The van der Waals surface area contributed by atoms with E-state index in [1.54, 1.807) is 32.7 Å². The Morgan fingerprint density at radius 1 is 1.11 bits per heavy atom. The van der Waals surface area contributed by atoms with Crippen molar-refractivity contribution in [3.63, 3.8) is 0 Å². The Balaban J connectivity index is 1.67. The fourth-order valence-corrected chi connectivity index (χ4v) is 4.84. The van der Waals surface area contributed by atoms with Crippen molar-refractivity contribution >= 4 is 29.5 Å². The molecular formula is C23H27ClN8O3S. The molecule has 4 aromatic heterocycles. The molecule has 0 radical (unpaired) electrons. The number of pyridine rings is 1. The number of nitrogens with zero attached hydrogens (tertiary/aromatic N) is 7. The predicted octanol–water partition coefficient (Wildman–Crippen LogP) is 4.84. The average molecular weight is 531 g/mol. The molecule has 3 atom stereocenters. The first-order valence-electron chi connectivity index (χ1n) is 11.1. The number of hydrogen-bond acceptors (Lipinski definition) is 11. The monoisotopic (exact) mass is 530 g/mol. The lowest BCUT2D eigenvalue weighted by atomic mass is 10.1. The first-order valence-corrected chi connectivity index (χ1v) is 12.4. The highest BCUT2D eigenvalue weighted by atomic mass is 35.5. The van der Waals surface area contributed by atoms with E-state index in [1.165, 1.54) is 11.9 Å². The van der Waals surface area contributed by atoms with Crippen molar-refractivity contribution in [2.45, 2.75) is 45.1 Å². The molecule has 0 spiro atoms. The summed E-state index contributed by atoms with van der Waals surface area (Å²) in [4.78, 5) is 13.2. The molecule has 0 saturated heterocycles. The Kier molecular flexibility index (Phi) is 8.07. The molecule has 4 heterocycles. The van der Waals surface area contributed by atoms with Gasteiger partial charge in [0, 0.05) is 31.1 Å². The highest BCUT2D eigenvalue weighted by molar-refractivity contribution is 8.01. The number of nitrogens with one attached hydrogen (secondary N) is 1. The standard InChI is InChI=1S/C23H27ClN8O3S/c1-12-19(14(3)35-30-12)13(2)32-22(17-8-7-9-18(27-17)33-5)28-29-23(32)31-36-15(4)20(34-6)21-25-10-16(24)11-26-21/h7-11,13,15,20H,1-6H3,(H,29,31)/t13-,15?,20?/m1/s1. The minimum atomic E-state index is -0.379. The smallest absolute Gasteiger partial charge is 0.235 e. The number of methoxy groups -OCH3 is 2. The molecule has 0 aromatic carbocycles. The number of aromatic nitrogens is 7. The van der Waals surface area contributed by atoms with E-state index < -0.39 is 0 Å². The Bertz CT molecular complexity index is 1290. The van der Waals surface area contributed by atoms with Crippen molar-refractivity contribution in [2.24, 2.45) is 0 Å². The van der Waals surface area contributed by atoms with Crippen LogP contribution in [0.5, 0.6) is 5.88 Å². The maximum absolute atomic E-state index is 5.94. The first kappa shape index (κ1) is 25.9. The molecule has 4 rings (SSSR count). The van der Waals surface area contributed by atoms with Crippen LogP contribution in [0.4, 0.5) is 5.95 Å². The topological polar surface area (TPSA) is 126 Å². The number of aryl methyl sites for hydroxylation is 2. The number of halogens is 1. The van der Waals surface area contributed by atoms with Gasteiger partial charge < -0.3 is 14.0 Å². The minimum Gasteiger partial charge on any atom is -0.481 e. The molecule has 0 amide bonds. The zero-order valence-electron chi connectivity index (χ0n) is 20.8. The van der Waals surface area contributed by atoms with Gasteiger partial charge in [-0.25, -0.2) is 15.0 Å². The van der Waals surface area contributed by atoms with E-state index in [0.717, 1.165) is 17.0 Å². The largest absolute Gasteiger partial charge is 0.481 e. The SMILES string of the molecule is COc1cccc(-c2nnc(NSC(C)C(OC)c3ncc(Cl)cn3)n2[C@H](C)c2c(C)noc2C)n1. The maximum Gasteiger partial charge on any atom is 0.235 e. The molecule has 11 nitrogen and oxygen atoms in total. The number of rotatable bonds is 10. The van der Waals surface area contributed by atoms with Crippen LogP contribution in [0.2, 0.25) is 5.02 Å². The van der Waals surface area contributed by atoms with Crippen LogP contribution in [0.1, 0.15) is 48.8 Å². The van der Waals surface area contributed by atoms with Crippen LogP contribution in [0.25, 0.3) is 11.5 Å². The summed E-state index contributed by atoms with van der Waals surface area (Å²) in [6.45, 7) is 7.85. The Hall–Kier alpha value is -3.22. The molecule has 0 aliphatic carbocycles. The summed E-state index contributed by atoms with van der Waals surface area (Å²) >= 11 is 7.36. The van der Waals surface area contributed by atoms with Gasteiger partial charge in [0.15, 0.2) is 11.6 Å². The van der Waals surface area contributed by atoms with Gasteiger partial charge >= 0.3 is 0 Å². The van der Waals surface area contributed by atoms with Crippen LogP contribution >= 0.6 is 23.5 Å². The van der Waals surface area contributed by atoms with Gasteiger partial charge in [0.1, 0.15) is 17.6 Å². The van der Waals surface area contributed by atoms with Gasteiger partial charge in [0.25, 0.3) is 0 Å². The lowest BCUT2D eigenvalue weighted by molar-refractivity contribution is 0.0972. The van der Waals surface area contributed by atoms with E-state index in [2.05, 4.69) is 35.0 Å². The Morgan fingerprint density at radius 3 is 2.50 bits per heavy atom. The van der Waals surface area contributed by atoms with Crippen LogP contribution in [-0.4, -0.2) is 54.3 Å². The van der Waals surface area contributed by atoms with E-state index >= 15 is 0 Å². The second-order valence-electron chi connectivity index (χ2n) is 8.04. The molecule has 2 unspecified atom stereocenters. The number of ether oxygens (including phenoxy) is 2. The van der Waals surface area contributed by atoms with E-state index in [0.29, 0.717) is 34.2 Å². The van der Waals surface area contributed by atoms with Crippen molar-refractivity contribution < 1.29 is 14.0 Å². The van der Waals surface area contributed by atoms with Gasteiger partial charge in [-0.05, 0) is 45.7 Å². The summed E-state index contributed by atoms with van der Waals surface area (Å²) in [5.41, 5.74) is 2.37. The first-order chi connectivity index (χ1) is 17.3. The van der Waals surface area contributed by atoms with E-state index in [4.69, 9.17) is 25.6 Å². The van der Waals surface area contributed by atoms with Crippen molar-refractivity contribution in [3.05, 3.63) is 58.5 Å². The Morgan fingerprint density at radius 2 is 1.86 bits per heavy atom. The molecule has 4 aromatic rings. The van der Waals surface area contributed by atoms with Crippen LogP contribution in [-0.2, 0) is 4.74 Å². The fraction of sp³-hybridized carbons (Fsp3) is 0.391. The quantitative estimate of drug-likeness (QED) is 0.283. The van der Waals surface area contributed by atoms with Crippen LogP contribution < -0.4 is 9.46 Å². The molecular weight excluding hydrogens is 504 g/mol. The summed E-state index contributed by atoms with van der Waals surface area (Å²) in [6.07, 6.45) is 2.72. The van der Waals surface area contributed by atoms with Gasteiger partial charge in [0.05, 0.1) is 29.1 Å². The highest BCUT2D eigenvalue weighted by Crippen LogP contribution is 2.34. The van der Waals surface area contributed by atoms with Gasteiger partial charge in [-0.3, -0.25) is 9.29 Å². The lowest BCUT2D eigenvalue weighted by Crippen LogP contribution is -2.19. The third-order valence-electron chi connectivity index (χ3n) is 5.66. The molecule has 0 bridgehead atoms. The fourth-order valence-electron chi connectivity index (χ4n) is 3.95. The molecule has 0 fully saturated rings. The van der Waals surface area contributed by atoms with Gasteiger partial charge in [0.2, 0.25) is 11.8 Å². The van der Waals surface area contributed by atoms with Gasteiger partial charge in [-0.15, -0.1) is 10.2 Å². The lowest BCUT2D eigenvalue weighted by Gasteiger charge is -2.22. The maximum atomic E-state index is 5.94. The number of hydrogen-bond donors (Lipinski definition) is 1. The molecule has 36 heavy (non-hydrogen) atoms. The van der Waals surface area contributed by atoms with Gasteiger partial charge in [-0.1, -0.05) is 22.8 Å². The minimum absolute atomic E-state index is 0.0888. The summed E-state index contributed by atoms with van der Waals surface area (Å²) in [5.74, 6) is 2.85.